The molecule has 0 saturated carbocycles. The predicted molar refractivity (Wildman–Crippen MR) is 46.6 cm³/mol. The summed E-state index contributed by atoms with van der Waals surface area (Å²) >= 11 is 3.31. The first-order valence-electron chi connectivity index (χ1n) is 3.60. The highest BCUT2D eigenvalue weighted by Crippen LogP contribution is 2.16. The molecule has 0 N–H and O–H groups in total. The van der Waals surface area contributed by atoms with Gasteiger partial charge in [-0.3, -0.25) is 0 Å². The van der Waals surface area contributed by atoms with E-state index < -0.39 is 0 Å². The van der Waals surface area contributed by atoms with E-state index in [1.807, 2.05) is 6.07 Å². The van der Waals surface area contributed by atoms with Crippen LogP contribution in [0.3, 0.4) is 0 Å². The number of rotatable bonds is 1. The normalized spacial score (nSPS) is 16.3. The minimum atomic E-state index is 0.839. The summed E-state index contributed by atoms with van der Waals surface area (Å²) in [6, 6.07) is 1.84. The van der Waals surface area contributed by atoms with Crippen molar-refractivity contribution in [2.24, 2.45) is 0 Å². The van der Waals surface area contributed by atoms with Gasteiger partial charge in [0.2, 0.25) is 5.95 Å². The lowest BCUT2D eigenvalue weighted by atomic mass is 10.2. The van der Waals surface area contributed by atoms with Gasteiger partial charge < -0.3 is 4.90 Å². The molecule has 2 rings (SSSR count). The van der Waals surface area contributed by atoms with E-state index in [0.717, 1.165) is 23.6 Å². The topological polar surface area (TPSA) is 29.0 Å². The summed E-state index contributed by atoms with van der Waals surface area (Å²) in [5.74, 6) is 0.839. The van der Waals surface area contributed by atoms with Crippen LogP contribution in [0.4, 0.5) is 5.95 Å². The zero-order valence-corrected chi connectivity index (χ0v) is 7.58. The zero-order chi connectivity index (χ0) is 7.68. The molecule has 1 saturated heterocycles. The van der Waals surface area contributed by atoms with E-state index in [1.54, 1.807) is 6.20 Å². The van der Waals surface area contributed by atoms with Crippen molar-refractivity contribution in [3.63, 3.8) is 0 Å². The Bertz CT molecular complexity index is 260. The molecule has 0 radical (unpaired) electrons. The minimum absolute atomic E-state index is 0.839. The molecule has 1 aromatic rings. The van der Waals surface area contributed by atoms with E-state index in [4.69, 9.17) is 0 Å². The van der Waals surface area contributed by atoms with Crippen molar-refractivity contribution in [2.75, 3.05) is 18.0 Å². The van der Waals surface area contributed by atoms with Gasteiger partial charge in [-0.05, 0) is 28.4 Å². The van der Waals surface area contributed by atoms with Crippen molar-refractivity contribution >= 4 is 21.9 Å². The van der Waals surface area contributed by atoms with E-state index in [9.17, 15) is 0 Å². The maximum atomic E-state index is 4.23. The van der Waals surface area contributed by atoms with Crippen LogP contribution in [0.5, 0.6) is 0 Å². The minimum Gasteiger partial charge on any atom is -0.341 e. The summed E-state index contributed by atoms with van der Waals surface area (Å²) in [6.07, 6.45) is 3.03. The average molecular weight is 214 g/mol. The summed E-state index contributed by atoms with van der Waals surface area (Å²) in [4.78, 5) is 10.5. The Morgan fingerprint density at radius 3 is 2.82 bits per heavy atom. The molecule has 2 heterocycles. The van der Waals surface area contributed by atoms with E-state index in [1.165, 1.54) is 6.42 Å². The molecule has 0 aromatic carbocycles. The maximum Gasteiger partial charge on any atom is 0.226 e. The van der Waals surface area contributed by atoms with Crippen molar-refractivity contribution in [2.45, 2.75) is 6.42 Å². The molecule has 3 nitrogen and oxygen atoms in total. The fourth-order valence-corrected chi connectivity index (χ4v) is 1.27. The Kier molecular flexibility index (Phi) is 1.77. The van der Waals surface area contributed by atoms with E-state index in [0.29, 0.717) is 0 Å². The van der Waals surface area contributed by atoms with Crippen LogP contribution in [0.1, 0.15) is 6.42 Å². The van der Waals surface area contributed by atoms with Crippen LogP contribution in [0.15, 0.2) is 16.9 Å². The highest BCUT2D eigenvalue weighted by molar-refractivity contribution is 9.10. The van der Waals surface area contributed by atoms with Gasteiger partial charge in [-0.25, -0.2) is 9.97 Å². The van der Waals surface area contributed by atoms with Gasteiger partial charge in [-0.2, -0.15) is 0 Å². The SMILES string of the molecule is Brc1ccnc(N2CCC2)n1. The van der Waals surface area contributed by atoms with Gasteiger partial charge >= 0.3 is 0 Å². The van der Waals surface area contributed by atoms with Crippen molar-refractivity contribution < 1.29 is 0 Å². The third kappa shape index (κ3) is 1.35. The van der Waals surface area contributed by atoms with Crippen LogP contribution in [-0.4, -0.2) is 23.1 Å². The lowest BCUT2D eigenvalue weighted by Gasteiger charge is -2.30. The Labute approximate surface area is 73.6 Å². The predicted octanol–water partition coefficient (Wildman–Crippen LogP) is 1.45. The molecule has 0 unspecified atom stereocenters. The molecule has 1 aromatic heterocycles. The summed E-state index contributed by atoms with van der Waals surface area (Å²) in [5, 5.41) is 0. The molecule has 0 bridgehead atoms. The molecular weight excluding hydrogens is 206 g/mol. The van der Waals surface area contributed by atoms with Crippen LogP contribution >= 0.6 is 15.9 Å². The second-order valence-electron chi connectivity index (χ2n) is 2.52. The van der Waals surface area contributed by atoms with Gasteiger partial charge in [0.1, 0.15) is 4.60 Å². The highest BCUT2D eigenvalue weighted by atomic mass is 79.9. The standard InChI is InChI=1S/C7H8BrN3/c8-6-2-3-9-7(10-6)11-4-1-5-11/h2-3H,1,4-5H2. The van der Waals surface area contributed by atoms with Crippen LogP contribution in [0.25, 0.3) is 0 Å². The zero-order valence-electron chi connectivity index (χ0n) is 6.00. The highest BCUT2D eigenvalue weighted by Gasteiger charge is 2.16. The number of anilines is 1. The quantitative estimate of drug-likeness (QED) is 0.662. The molecule has 0 atom stereocenters. The Morgan fingerprint density at radius 1 is 1.45 bits per heavy atom. The van der Waals surface area contributed by atoms with Crippen molar-refractivity contribution in [1.29, 1.82) is 0 Å². The fourth-order valence-electron chi connectivity index (χ4n) is 0.996. The Hall–Kier alpha value is -0.640. The lowest BCUT2D eigenvalue weighted by molar-refractivity contribution is 0.599. The first-order chi connectivity index (χ1) is 5.36. The summed E-state index contributed by atoms with van der Waals surface area (Å²) in [5.41, 5.74) is 0. The Morgan fingerprint density at radius 2 is 2.27 bits per heavy atom. The second kappa shape index (κ2) is 2.77. The number of nitrogens with zero attached hydrogens (tertiary/aromatic N) is 3. The van der Waals surface area contributed by atoms with Crippen LogP contribution in [0.2, 0.25) is 0 Å². The smallest absolute Gasteiger partial charge is 0.226 e. The molecule has 1 fully saturated rings. The number of hydrogen-bond acceptors (Lipinski definition) is 3. The molecule has 4 heteroatoms. The summed E-state index contributed by atoms with van der Waals surface area (Å²) < 4.78 is 0.856. The van der Waals surface area contributed by atoms with E-state index >= 15 is 0 Å². The fraction of sp³-hybridized carbons (Fsp3) is 0.429. The molecule has 58 valence electrons. The third-order valence-corrected chi connectivity index (χ3v) is 2.19. The second-order valence-corrected chi connectivity index (χ2v) is 3.33. The third-order valence-electron chi connectivity index (χ3n) is 1.75. The molecule has 0 spiro atoms. The molecular formula is C7H8BrN3. The van der Waals surface area contributed by atoms with Crippen LogP contribution in [0, 0.1) is 0 Å². The van der Waals surface area contributed by atoms with Crippen LogP contribution in [-0.2, 0) is 0 Å². The molecule has 11 heavy (non-hydrogen) atoms. The van der Waals surface area contributed by atoms with Gasteiger partial charge in [-0.15, -0.1) is 0 Å². The average Bonchev–Trinajstić information content (AvgIpc) is 1.83. The molecule has 0 amide bonds. The summed E-state index contributed by atoms with van der Waals surface area (Å²) in [6.45, 7) is 2.19. The van der Waals surface area contributed by atoms with Gasteiger partial charge in [0.05, 0.1) is 0 Å². The van der Waals surface area contributed by atoms with Crippen molar-refractivity contribution in [3.8, 4) is 0 Å². The molecule has 1 aliphatic heterocycles. The van der Waals surface area contributed by atoms with Gasteiger partial charge in [0.15, 0.2) is 0 Å². The molecule has 0 aliphatic carbocycles. The van der Waals surface area contributed by atoms with Crippen LogP contribution < -0.4 is 4.90 Å². The largest absolute Gasteiger partial charge is 0.341 e. The number of hydrogen-bond donors (Lipinski definition) is 0. The Balaban J connectivity index is 2.23. The number of aromatic nitrogens is 2. The maximum absolute atomic E-state index is 4.23. The summed E-state index contributed by atoms with van der Waals surface area (Å²) in [7, 11) is 0. The van der Waals surface area contributed by atoms with Gasteiger partial charge in [-0.1, -0.05) is 0 Å². The van der Waals surface area contributed by atoms with Gasteiger partial charge in [0.25, 0.3) is 0 Å². The van der Waals surface area contributed by atoms with Crippen molar-refractivity contribution in [1.82, 2.24) is 9.97 Å². The monoisotopic (exact) mass is 213 g/mol. The van der Waals surface area contributed by atoms with Gasteiger partial charge in [0, 0.05) is 19.3 Å². The first-order valence-corrected chi connectivity index (χ1v) is 4.39. The number of halogens is 1. The van der Waals surface area contributed by atoms with E-state index in [2.05, 4.69) is 30.8 Å². The van der Waals surface area contributed by atoms with E-state index in [-0.39, 0.29) is 0 Å². The molecule has 1 aliphatic rings. The van der Waals surface area contributed by atoms with Crippen molar-refractivity contribution in [3.05, 3.63) is 16.9 Å². The lowest BCUT2D eigenvalue weighted by Crippen LogP contribution is -2.38. The first kappa shape index (κ1) is 7.03.